The van der Waals surface area contributed by atoms with Gasteiger partial charge in [-0.05, 0) is 104 Å². The van der Waals surface area contributed by atoms with E-state index in [1.807, 2.05) is 13.8 Å². The third-order valence-corrected chi connectivity index (χ3v) is 11.8. The second-order valence-electron chi connectivity index (χ2n) is 13.9. The fourth-order valence-corrected chi connectivity index (χ4v) is 9.56. The molecule has 0 aromatic rings. The first-order valence-corrected chi connectivity index (χ1v) is 14.8. The lowest BCUT2D eigenvalue weighted by Gasteiger charge is -2.63. The number of nitrogens with one attached hydrogen (secondary N) is 1. The number of carbonyl (C=O) groups excluding carboxylic acids is 2. The van der Waals surface area contributed by atoms with Crippen molar-refractivity contribution >= 4 is 11.9 Å². The summed E-state index contributed by atoms with van der Waals surface area (Å²) >= 11 is 0. The van der Waals surface area contributed by atoms with Gasteiger partial charge >= 0.3 is 5.97 Å². The van der Waals surface area contributed by atoms with Gasteiger partial charge in [-0.15, -0.1) is 0 Å². The van der Waals surface area contributed by atoms with E-state index < -0.39 is 18.1 Å². The SMILES string of the molecule is COC(=O)[C@@H](NC(=O)CC[C@@H](C)[C@H]1CC[C@H]2[C@@H]3[C@H](O)C[C@@H]4C[C@H](O)CC[C@]4(C)[C@H]3C[C@H](O)[C@]12C)C(C)C. The molecule has 12 atom stereocenters. The zero-order chi connectivity index (χ0) is 27.3. The Balaban J connectivity index is 1.45. The molecule has 4 rings (SSSR count). The molecule has 4 saturated carbocycles. The molecule has 4 aliphatic rings. The van der Waals surface area contributed by atoms with Gasteiger partial charge in [0.25, 0.3) is 0 Å². The molecule has 0 saturated heterocycles. The van der Waals surface area contributed by atoms with Crippen molar-refractivity contribution in [3.05, 3.63) is 0 Å². The third-order valence-electron chi connectivity index (χ3n) is 11.8. The quantitative estimate of drug-likeness (QED) is 0.380. The van der Waals surface area contributed by atoms with Crippen molar-refractivity contribution in [3.8, 4) is 0 Å². The molecule has 0 bridgehead atoms. The molecule has 7 heteroatoms. The van der Waals surface area contributed by atoms with Crippen molar-refractivity contribution in [2.45, 2.75) is 117 Å². The summed E-state index contributed by atoms with van der Waals surface area (Å²) in [5.41, 5.74) is -0.207. The Bertz CT molecular complexity index is 848. The van der Waals surface area contributed by atoms with Crippen LogP contribution in [-0.2, 0) is 14.3 Å². The monoisotopic (exact) mass is 521 g/mol. The fourth-order valence-electron chi connectivity index (χ4n) is 9.56. The first kappa shape index (κ1) is 28.8. The van der Waals surface area contributed by atoms with Gasteiger partial charge < -0.3 is 25.4 Å². The molecule has 0 aromatic heterocycles. The van der Waals surface area contributed by atoms with Crippen LogP contribution in [0, 0.1) is 52.3 Å². The average Bonchev–Trinajstić information content (AvgIpc) is 3.20. The number of methoxy groups -OCH3 is 1. The molecule has 0 aromatic carbocycles. The summed E-state index contributed by atoms with van der Waals surface area (Å²) in [5.74, 6) is 0.989. The highest BCUT2D eigenvalue weighted by molar-refractivity contribution is 5.84. The van der Waals surface area contributed by atoms with Crippen molar-refractivity contribution in [1.29, 1.82) is 0 Å². The van der Waals surface area contributed by atoms with Crippen molar-refractivity contribution in [1.82, 2.24) is 5.32 Å². The zero-order valence-corrected chi connectivity index (χ0v) is 23.8. The Morgan fingerprint density at radius 3 is 2.35 bits per heavy atom. The van der Waals surface area contributed by atoms with Crippen molar-refractivity contribution in [2.24, 2.45) is 52.3 Å². The molecule has 0 aliphatic heterocycles. The molecular formula is C30H51NO6. The minimum atomic E-state index is -0.642. The van der Waals surface area contributed by atoms with Gasteiger partial charge in [0, 0.05) is 6.42 Å². The lowest BCUT2D eigenvalue weighted by molar-refractivity contribution is -0.207. The summed E-state index contributed by atoms with van der Waals surface area (Å²) in [6, 6.07) is -0.642. The molecule has 1 amide bonds. The highest BCUT2D eigenvalue weighted by atomic mass is 16.5. The van der Waals surface area contributed by atoms with E-state index in [-0.39, 0.29) is 64.5 Å². The standard InChI is InChI=1S/C30H51NO6/c1-16(2)27(28(36)37-6)31-25(35)10-7-17(3)20-8-9-21-26-22(15-24(34)30(20,21)5)29(4)12-11-19(32)13-18(29)14-23(26)33/h16-24,26-27,32-34H,7-15H2,1-6H3,(H,31,35)/t17-,18+,19-,20-,21+,22+,23-,24+,26+,27+,29+,30-/m1/s1. The summed E-state index contributed by atoms with van der Waals surface area (Å²) in [6.07, 6.45) is 6.02. The molecule has 0 radical (unpaired) electrons. The van der Waals surface area contributed by atoms with Gasteiger partial charge in [-0.1, -0.05) is 34.6 Å². The molecule has 0 heterocycles. The van der Waals surface area contributed by atoms with Gasteiger partial charge in [0.2, 0.25) is 5.91 Å². The normalized spacial score (nSPS) is 44.8. The number of esters is 1. The highest BCUT2D eigenvalue weighted by Gasteiger charge is 2.65. The first-order valence-electron chi connectivity index (χ1n) is 14.8. The van der Waals surface area contributed by atoms with E-state index in [4.69, 9.17) is 4.74 Å². The first-order chi connectivity index (χ1) is 17.3. The van der Waals surface area contributed by atoms with Crippen LogP contribution in [0.3, 0.4) is 0 Å². The number of hydrogen-bond donors (Lipinski definition) is 4. The third kappa shape index (κ3) is 4.98. The lowest BCUT2D eigenvalue weighted by atomic mass is 9.43. The molecular weight excluding hydrogens is 470 g/mol. The number of fused-ring (bicyclic) bond motifs is 5. The van der Waals surface area contributed by atoms with Crippen LogP contribution in [0.4, 0.5) is 0 Å². The molecule has 4 N–H and O–H groups in total. The Morgan fingerprint density at radius 1 is 1.00 bits per heavy atom. The summed E-state index contributed by atoms with van der Waals surface area (Å²) < 4.78 is 4.85. The van der Waals surface area contributed by atoms with Gasteiger partial charge in [-0.2, -0.15) is 0 Å². The molecule has 37 heavy (non-hydrogen) atoms. The second kappa shape index (κ2) is 10.8. The van der Waals surface area contributed by atoms with E-state index in [9.17, 15) is 24.9 Å². The number of hydrogen-bond acceptors (Lipinski definition) is 6. The minimum Gasteiger partial charge on any atom is -0.467 e. The Labute approximate surface area is 223 Å². The average molecular weight is 522 g/mol. The predicted molar refractivity (Wildman–Crippen MR) is 141 cm³/mol. The largest absolute Gasteiger partial charge is 0.467 e. The Hall–Kier alpha value is -1.18. The van der Waals surface area contributed by atoms with Gasteiger partial charge in [-0.25, -0.2) is 4.79 Å². The molecule has 4 fully saturated rings. The maximum atomic E-state index is 12.7. The Kier molecular flexibility index (Phi) is 8.39. The van der Waals surface area contributed by atoms with Crippen LogP contribution >= 0.6 is 0 Å². The van der Waals surface area contributed by atoms with Crippen LogP contribution in [0.15, 0.2) is 0 Å². The molecule has 212 valence electrons. The summed E-state index contributed by atoms with van der Waals surface area (Å²) in [7, 11) is 1.34. The molecule has 0 unspecified atom stereocenters. The van der Waals surface area contributed by atoms with Crippen LogP contribution in [0.5, 0.6) is 0 Å². The van der Waals surface area contributed by atoms with Gasteiger partial charge in [-0.3, -0.25) is 4.79 Å². The highest BCUT2D eigenvalue weighted by Crippen LogP contribution is 2.68. The number of rotatable bonds is 7. The number of aliphatic hydroxyl groups is 3. The lowest BCUT2D eigenvalue weighted by Crippen LogP contribution is -2.62. The molecule has 4 aliphatic carbocycles. The minimum absolute atomic E-state index is 0.0514. The smallest absolute Gasteiger partial charge is 0.328 e. The van der Waals surface area contributed by atoms with E-state index in [1.54, 1.807) is 0 Å². The van der Waals surface area contributed by atoms with Crippen molar-refractivity contribution in [3.63, 3.8) is 0 Å². The number of carbonyl (C=O) groups is 2. The van der Waals surface area contributed by atoms with Gasteiger partial charge in [0.05, 0.1) is 25.4 Å². The maximum absolute atomic E-state index is 12.7. The van der Waals surface area contributed by atoms with Crippen molar-refractivity contribution < 1.29 is 29.6 Å². The fraction of sp³-hybridized carbons (Fsp3) is 0.933. The summed E-state index contributed by atoms with van der Waals surface area (Å²) in [6.45, 7) is 10.6. The van der Waals surface area contributed by atoms with E-state index in [1.165, 1.54) is 7.11 Å². The molecule has 7 nitrogen and oxygen atoms in total. The van der Waals surface area contributed by atoms with Crippen LogP contribution in [0.2, 0.25) is 0 Å². The van der Waals surface area contributed by atoms with E-state index in [0.29, 0.717) is 18.8 Å². The van der Waals surface area contributed by atoms with Crippen LogP contribution < -0.4 is 5.32 Å². The second-order valence-corrected chi connectivity index (χ2v) is 13.9. The maximum Gasteiger partial charge on any atom is 0.328 e. The summed E-state index contributed by atoms with van der Waals surface area (Å²) in [5, 5.41) is 36.3. The molecule has 0 spiro atoms. The van der Waals surface area contributed by atoms with E-state index >= 15 is 0 Å². The van der Waals surface area contributed by atoms with Crippen molar-refractivity contribution in [2.75, 3.05) is 7.11 Å². The van der Waals surface area contributed by atoms with E-state index in [2.05, 4.69) is 26.1 Å². The Morgan fingerprint density at radius 2 is 1.70 bits per heavy atom. The van der Waals surface area contributed by atoms with E-state index in [0.717, 1.165) is 44.9 Å². The number of ether oxygens (including phenoxy) is 1. The summed E-state index contributed by atoms with van der Waals surface area (Å²) in [4.78, 5) is 24.8. The van der Waals surface area contributed by atoms with Gasteiger partial charge in [0.1, 0.15) is 6.04 Å². The number of amides is 1. The van der Waals surface area contributed by atoms with Crippen LogP contribution in [0.1, 0.15) is 92.4 Å². The van der Waals surface area contributed by atoms with Gasteiger partial charge in [0.15, 0.2) is 0 Å². The van der Waals surface area contributed by atoms with Crippen LogP contribution in [-0.4, -0.2) is 58.7 Å². The van der Waals surface area contributed by atoms with Crippen LogP contribution in [0.25, 0.3) is 0 Å². The number of aliphatic hydroxyl groups excluding tert-OH is 3. The zero-order valence-electron chi connectivity index (χ0n) is 23.8. The predicted octanol–water partition coefficient (Wildman–Crippen LogP) is 3.68. The topological polar surface area (TPSA) is 116 Å².